The van der Waals surface area contributed by atoms with Crippen LogP contribution in [0, 0.1) is 5.82 Å². The normalized spacial score (nSPS) is 11.6. The predicted molar refractivity (Wildman–Crippen MR) is 88.7 cm³/mol. The van der Waals surface area contributed by atoms with Crippen LogP contribution in [0.5, 0.6) is 0 Å². The molecule has 2 aromatic rings. The van der Waals surface area contributed by atoms with Gasteiger partial charge in [0.05, 0.1) is 19.6 Å². The third kappa shape index (κ3) is 5.19. The lowest BCUT2D eigenvalue weighted by Gasteiger charge is -2.18. The Hall–Kier alpha value is -2.69. The lowest BCUT2D eigenvalue weighted by atomic mass is 10.0. The summed E-state index contributed by atoms with van der Waals surface area (Å²) in [6, 6.07) is 15.1. The van der Waals surface area contributed by atoms with Gasteiger partial charge in [0.15, 0.2) is 0 Å². The smallest absolute Gasteiger partial charge is 0.307 e. The van der Waals surface area contributed by atoms with Gasteiger partial charge in [0.25, 0.3) is 0 Å². The zero-order valence-corrected chi connectivity index (χ0v) is 13.5. The van der Waals surface area contributed by atoms with Crippen molar-refractivity contribution < 1.29 is 18.7 Å². The second-order valence-corrected chi connectivity index (χ2v) is 5.40. The highest BCUT2D eigenvalue weighted by atomic mass is 19.1. The molecule has 0 spiro atoms. The van der Waals surface area contributed by atoms with Gasteiger partial charge in [0.1, 0.15) is 5.82 Å². The quantitative estimate of drug-likeness (QED) is 0.794. The molecule has 1 unspecified atom stereocenters. The van der Waals surface area contributed by atoms with Crippen molar-refractivity contribution in [3.63, 3.8) is 0 Å². The van der Waals surface area contributed by atoms with E-state index < -0.39 is 12.0 Å². The van der Waals surface area contributed by atoms with Crippen molar-refractivity contribution in [2.45, 2.75) is 25.3 Å². The standard InChI is InChI=1S/C19H20FNO3/c1-24-19(23)13-17(15-8-3-2-4-9-15)21-18(22)12-11-14-7-5-6-10-16(14)20/h2-10,17H,11-13H2,1H3,(H,21,22). The van der Waals surface area contributed by atoms with Gasteiger partial charge in [-0.25, -0.2) is 4.39 Å². The monoisotopic (exact) mass is 329 g/mol. The minimum Gasteiger partial charge on any atom is -0.469 e. The lowest BCUT2D eigenvalue weighted by molar-refractivity contribution is -0.141. The Kier molecular flexibility index (Phi) is 6.49. The molecule has 2 rings (SSSR count). The van der Waals surface area contributed by atoms with E-state index in [0.717, 1.165) is 5.56 Å². The van der Waals surface area contributed by atoms with Crippen LogP contribution in [0.25, 0.3) is 0 Å². The Morgan fingerprint density at radius 3 is 2.42 bits per heavy atom. The van der Waals surface area contributed by atoms with Gasteiger partial charge in [-0.3, -0.25) is 9.59 Å². The molecule has 0 saturated heterocycles. The van der Waals surface area contributed by atoms with Crippen LogP contribution in [0.2, 0.25) is 0 Å². The predicted octanol–water partition coefficient (Wildman–Crippen LogP) is 3.18. The van der Waals surface area contributed by atoms with Crippen LogP contribution >= 0.6 is 0 Å². The average Bonchev–Trinajstić information content (AvgIpc) is 2.61. The molecule has 0 heterocycles. The van der Waals surface area contributed by atoms with Crippen LogP contribution in [-0.2, 0) is 20.7 Å². The summed E-state index contributed by atoms with van der Waals surface area (Å²) in [6.07, 6.45) is 0.496. The highest BCUT2D eigenvalue weighted by Gasteiger charge is 2.18. The molecule has 0 aliphatic heterocycles. The molecule has 0 aliphatic carbocycles. The summed E-state index contributed by atoms with van der Waals surface area (Å²) in [5.41, 5.74) is 1.32. The summed E-state index contributed by atoms with van der Waals surface area (Å²) in [6.45, 7) is 0. The third-order valence-corrected chi connectivity index (χ3v) is 3.71. The fourth-order valence-corrected chi connectivity index (χ4v) is 2.40. The number of halogens is 1. The van der Waals surface area contributed by atoms with Gasteiger partial charge in [-0.05, 0) is 23.6 Å². The topological polar surface area (TPSA) is 55.4 Å². The van der Waals surface area contributed by atoms with Gasteiger partial charge in [-0.15, -0.1) is 0 Å². The second-order valence-electron chi connectivity index (χ2n) is 5.40. The van der Waals surface area contributed by atoms with E-state index in [1.165, 1.54) is 13.2 Å². The molecule has 2 aromatic carbocycles. The van der Waals surface area contributed by atoms with Crippen molar-refractivity contribution in [2.24, 2.45) is 0 Å². The number of benzene rings is 2. The number of hydrogen-bond acceptors (Lipinski definition) is 3. The van der Waals surface area contributed by atoms with Gasteiger partial charge in [0.2, 0.25) is 5.91 Å². The molecule has 1 atom stereocenters. The van der Waals surface area contributed by atoms with Crippen molar-refractivity contribution in [3.05, 3.63) is 71.5 Å². The van der Waals surface area contributed by atoms with Gasteiger partial charge in [-0.2, -0.15) is 0 Å². The van der Waals surface area contributed by atoms with E-state index in [1.807, 2.05) is 30.3 Å². The van der Waals surface area contributed by atoms with Crippen molar-refractivity contribution >= 4 is 11.9 Å². The number of carbonyl (C=O) groups is 2. The maximum atomic E-state index is 13.6. The van der Waals surface area contributed by atoms with Crippen LogP contribution in [-0.4, -0.2) is 19.0 Å². The Bertz CT molecular complexity index is 688. The highest BCUT2D eigenvalue weighted by Crippen LogP contribution is 2.18. The van der Waals surface area contributed by atoms with Crippen LogP contribution in [0.1, 0.15) is 30.0 Å². The number of rotatable bonds is 7. The summed E-state index contributed by atoms with van der Waals surface area (Å²) >= 11 is 0. The van der Waals surface area contributed by atoms with Crippen LogP contribution in [0.3, 0.4) is 0 Å². The first kappa shape index (κ1) is 17.7. The molecule has 0 aromatic heterocycles. The first-order chi connectivity index (χ1) is 11.6. The molecule has 126 valence electrons. The highest BCUT2D eigenvalue weighted by molar-refractivity contribution is 5.78. The van der Waals surface area contributed by atoms with Crippen LogP contribution in [0.15, 0.2) is 54.6 Å². The van der Waals surface area contributed by atoms with Gasteiger partial charge >= 0.3 is 5.97 Å². The molecule has 5 heteroatoms. The maximum absolute atomic E-state index is 13.6. The van der Waals surface area contributed by atoms with E-state index in [1.54, 1.807) is 18.2 Å². The SMILES string of the molecule is COC(=O)CC(NC(=O)CCc1ccccc1F)c1ccccc1. The number of ether oxygens (including phenoxy) is 1. The number of aryl methyl sites for hydroxylation is 1. The Morgan fingerprint density at radius 1 is 1.08 bits per heavy atom. The molecule has 0 fully saturated rings. The minimum absolute atomic E-state index is 0.0476. The summed E-state index contributed by atoms with van der Waals surface area (Å²) in [4.78, 5) is 23.8. The summed E-state index contributed by atoms with van der Waals surface area (Å²) in [5, 5.41) is 2.83. The molecule has 0 bridgehead atoms. The Labute approximate surface area is 140 Å². The lowest BCUT2D eigenvalue weighted by Crippen LogP contribution is -2.30. The molecule has 4 nitrogen and oxygen atoms in total. The van der Waals surface area contributed by atoms with Gasteiger partial charge in [0, 0.05) is 6.42 Å². The molecular formula is C19H20FNO3. The van der Waals surface area contributed by atoms with E-state index in [2.05, 4.69) is 10.1 Å². The maximum Gasteiger partial charge on any atom is 0.307 e. The molecule has 1 amide bonds. The van der Waals surface area contributed by atoms with E-state index in [4.69, 9.17) is 0 Å². The van der Waals surface area contributed by atoms with Crippen molar-refractivity contribution in [1.29, 1.82) is 0 Å². The van der Waals surface area contributed by atoms with E-state index in [-0.39, 0.29) is 24.6 Å². The fraction of sp³-hybridized carbons (Fsp3) is 0.263. The van der Waals surface area contributed by atoms with E-state index >= 15 is 0 Å². The number of methoxy groups -OCH3 is 1. The van der Waals surface area contributed by atoms with Crippen molar-refractivity contribution in [1.82, 2.24) is 5.32 Å². The van der Waals surface area contributed by atoms with Gasteiger partial charge in [-0.1, -0.05) is 48.5 Å². The number of esters is 1. The van der Waals surface area contributed by atoms with Crippen LogP contribution < -0.4 is 5.32 Å². The average molecular weight is 329 g/mol. The zero-order chi connectivity index (χ0) is 17.4. The zero-order valence-electron chi connectivity index (χ0n) is 13.5. The Balaban J connectivity index is 1.99. The van der Waals surface area contributed by atoms with Crippen LogP contribution in [0.4, 0.5) is 4.39 Å². The molecule has 0 aliphatic rings. The number of nitrogens with one attached hydrogen (secondary N) is 1. The van der Waals surface area contributed by atoms with Crippen molar-refractivity contribution in [3.8, 4) is 0 Å². The first-order valence-electron chi connectivity index (χ1n) is 7.74. The number of hydrogen-bond donors (Lipinski definition) is 1. The largest absolute Gasteiger partial charge is 0.469 e. The summed E-state index contributed by atoms with van der Waals surface area (Å²) in [5.74, 6) is -0.964. The number of amides is 1. The molecule has 1 N–H and O–H groups in total. The number of carbonyl (C=O) groups excluding carboxylic acids is 2. The molecule has 0 saturated carbocycles. The van der Waals surface area contributed by atoms with Gasteiger partial charge < -0.3 is 10.1 Å². The Morgan fingerprint density at radius 2 is 1.75 bits per heavy atom. The minimum atomic E-state index is -0.466. The first-order valence-corrected chi connectivity index (χ1v) is 7.74. The van der Waals surface area contributed by atoms with Crippen molar-refractivity contribution in [2.75, 3.05) is 7.11 Å². The molecular weight excluding hydrogens is 309 g/mol. The third-order valence-electron chi connectivity index (χ3n) is 3.71. The summed E-state index contributed by atoms with van der Waals surface area (Å²) < 4.78 is 18.3. The van der Waals surface area contributed by atoms with E-state index in [0.29, 0.717) is 12.0 Å². The second kappa shape index (κ2) is 8.82. The molecule has 24 heavy (non-hydrogen) atoms. The van der Waals surface area contributed by atoms with E-state index in [9.17, 15) is 14.0 Å². The summed E-state index contributed by atoms with van der Waals surface area (Å²) in [7, 11) is 1.31. The molecule has 0 radical (unpaired) electrons. The fourth-order valence-electron chi connectivity index (χ4n) is 2.40.